The molecule has 0 radical (unpaired) electrons. The highest BCUT2D eigenvalue weighted by Gasteiger charge is 2.28. The number of aromatic hydroxyl groups is 1. The van der Waals surface area contributed by atoms with E-state index in [9.17, 15) is 33.9 Å². The second kappa shape index (κ2) is 15.9. The SMILES string of the molecule is CC(C)C[C@H](NC(=O)[C@H](C)NC(=O)CNC(=O)[C@@H](N)Cc1ccc(O)cc1)C(=O)N[C@@H](CCC(N)=O)C(N)=O. The zero-order valence-corrected chi connectivity index (χ0v) is 22.4. The van der Waals surface area contributed by atoms with Crippen LogP contribution < -0.4 is 38.5 Å². The van der Waals surface area contributed by atoms with Crippen LogP contribution in [-0.2, 0) is 35.2 Å². The number of amides is 6. The lowest BCUT2D eigenvalue weighted by Crippen LogP contribution is -2.56. The van der Waals surface area contributed by atoms with Gasteiger partial charge in [0.15, 0.2) is 0 Å². The lowest BCUT2D eigenvalue weighted by atomic mass is 10.0. The molecule has 216 valence electrons. The highest BCUT2D eigenvalue weighted by Crippen LogP contribution is 2.11. The molecule has 0 aliphatic carbocycles. The molecular weight excluding hydrogens is 510 g/mol. The van der Waals surface area contributed by atoms with E-state index in [0.29, 0.717) is 0 Å². The molecule has 11 N–H and O–H groups in total. The molecule has 0 bridgehead atoms. The number of nitrogens with two attached hydrogens (primary N) is 3. The van der Waals surface area contributed by atoms with Gasteiger partial charge in [-0.3, -0.25) is 28.8 Å². The van der Waals surface area contributed by atoms with Gasteiger partial charge in [0.25, 0.3) is 0 Å². The fourth-order valence-electron chi connectivity index (χ4n) is 3.48. The van der Waals surface area contributed by atoms with Crippen molar-refractivity contribution in [3.63, 3.8) is 0 Å². The molecule has 0 fully saturated rings. The molecule has 1 aromatic carbocycles. The Labute approximate surface area is 226 Å². The van der Waals surface area contributed by atoms with Crippen molar-refractivity contribution >= 4 is 35.4 Å². The van der Waals surface area contributed by atoms with Crippen LogP contribution in [-0.4, -0.2) is 71.3 Å². The Hall–Kier alpha value is -4.20. The van der Waals surface area contributed by atoms with Gasteiger partial charge in [-0.15, -0.1) is 0 Å². The topological polar surface area (TPSA) is 249 Å². The number of nitrogens with one attached hydrogen (secondary N) is 4. The first-order valence-electron chi connectivity index (χ1n) is 12.5. The predicted octanol–water partition coefficient (Wildman–Crippen LogP) is -2.35. The van der Waals surface area contributed by atoms with Gasteiger partial charge in [-0.25, -0.2) is 0 Å². The van der Waals surface area contributed by atoms with E-state index in [1.165, 1.54) is 19.1 Å². The van der Waals surface area contributed by atoms with Gasteiger partial charge in [0.05, 0.1) is 12.6 Å². The summed E-state index contributed by atoms with van der Waals surface area (Å²) in [5.74, 6) is -4.06. The number of hydrogen-bond acceptors (Lipinski definition) is 8. The first-order valence-corrected chi connectivity index (χ1v) is 12.5. The summed E-state index contributed by atoms with van der Waals surface area (Å²) in [6.07, 6.45) is 0.144. The van der Waals surface area contributed by atoms with Gasteiger partial charge < -0.3 is 43.6 Å². The van der Waals surface area contributed by atoms with Gasteiger partial charge in [-0.2, -0.15) is 0 Å². The summed E-state index contributed by atoms with van der Waals surface area (Å²) in [7, 11) is 0. The minimum absolute atomic E-state index is 0.0235. The van der Waals surface area contributed by atoms with E-state index in [4.69, 9.17) is 17.2 Å². The summed E-state index contributed by atoms with van der Waals surface area (Å²) >= 11 is 0. The normalized spacial score (nSPS) is 13.9. The molecule has 0 aromatic heterocycles. The van der Waals surface area contributed by atoms with Crippen molar-refractivity contribution in [1.82, 2.24) is 21.3 Å². The van der Waals surface area contributed by atoms with Crippen LogP contribution in [0.25, 0.3) is 0 Å². The van der Waals surface area contributed by atoms with E-state index in [0.717, 1.165) is 5.56 Å². The number of rotatable bonds is 16. The number of phenols is 1. The minimum atomic E-state index is -1.15. The average molecular weight is 550 g/mol. The van der Waals surface area contributed by atoms with Crippen molar-refractivity contribution in [2.75, 3.05) is 6.54 Å². The molecule has 0 saturated carbocycles. The summed E-state index contributed by atoms with van der Waals surface area (Å²) in [6.45, 7) is 4.61. The van der Waals surface area contributed by atoms with Gasteiger partial charge in [-0.1, -0.05) is 26.0 Å². The Bertz CT molecular complexity index is 1030. The third kappa shape index (κ3) is 12.7. The second-order valence-electron chi connectivity index (χ2n) is 9.64. The van der Waals surface area contributed by atoms with Gasteiger partial charge in [-0.05, 0) is 49.8 Å². The Balaban J connectivity index is 2.64. The molecule has 0 unspecified atom stereocenters. The van der Waals surface area contributed by atoms with Crippen LogP contribution in [0.1, 0.15) is 45.6 Å². The van der Waals surface area contributed by atoms with Gasteiger partial charge in [0.2, 0.25) is 35.4 Å². The van der Waals surface area contributed by atoms with Crippen LogP contribution in [0.4, 0.5) is 0 Å². The quantitative estimate of drug-likeness (QED) is 0.111. The molecule has 4 atom stereocenters. The molecule has 0 aliphatic heterocycles. The van der Waals surface area contributed by atoms with Crippen molar-refractivity contribution in [1.29, 1.82) is 0 Å². The molecular formula is C25H39N7O7. The molecule has 0 saturated heterocycles. The van der Waals surface area contributed by atoms with Gasteiger partial charge in [0, 0.05) is 6.42 Å². The van der Waals surface area contributed by atoms with Crippen LogP contribution in [0.2, 0.25) is 0 Å². The van der Waals surface area contributed by atoms with Crippen LogP contribution in [0.5, 0.6) is 5.75 Å². The van der Waals surface area contributed by atoms with E-state index in [2.05, 4.69) is 21.3 Å². The standard InChI is InChI=1S/C25H39N7O7/c1-13(2)10-19(25(39)31-18(22(28)36)8-9-20(27)34)32-23(37)14(3)30-21(35)12-29-24(38)17(26)11-15-4-6-16(33)7-5-15/h4-7,13-14,17-19,33H,8-12,26H2,1-3H3,(H2,27,34)(H2,28,36)(H,29,38)(H,30,35)(H,31,39)(H,32,37)/t14-,17-,18-,19-/m0/s1. The van der Waals surface area contributed by atoms with Crippen molar-refractivity contribution in [3.8, 4) is 5.75 Å². The number of carbonyl (C=O) groups excluding carboxylic acids is 6. The second-order valence-corrected chi connectivity index (χ2v) is 9.64. The predicted molar refractivity (Wildman–Crippen MR) is 141 cm³/mol. The smallest absolute Gasteiger partial charge is 0.243 e. The molecule has 0 spiro atoms. The zero-order chi connectivity index (χ0) is 29.7. The number of phenolic OH excluding ortho intramolecular Hbond substituents is 1. The average Bonchev–Trinajstić information content (AvgIpc) is 2.85. The summed E-state index contributed by atoms with van der Waals surface area (Å²) < 4.78 is 0. The maximum atomic E-state index is 12.8. The molecule has 0 heterocycles. The molecule has 14 nitrogen and oxygen atoms in total. The lowest BCUT2D eigenvalue weighted by molar-refractivity contribution is -0.133. The molecule has 6 amide bonds. The third-order valence-electron chi connectivity index (χ3n) is 5.60. The van der Waals surface area contributed by atoms with Crippen molar-refractivity contribution < 1.29 is 33.9 Å². The van der Waals surface area contributed by atoms with Gasteiger partial charge in [0.1, 0.15) is 23.9 Å². The van der Waals surface area contributed by atoms with E-state index in [1.807, 2.05) is 13.8 Å². The third-order valence-corrected chi connectivity index (χ3v) is 5.60. The number of primary amides is 2. The highest BCUT2D eigenvalue weighted by atomic mass is 16.3. The first kappa shape index (κ1) is 32.8. The van der Waals surface area contributed by atoms with Crippen molar-refractivity contribution in [2.45, 2.75) is 70.6 Å². The van der Waals surface area contributed by atoms with Crippen LogP contribution in [0.3, 0.4) is 0 Å². The van der Waals surface area contributed by atoms with Gasteiger partial charge >= 0.3 is 0 Å². The Kier molecular flexibility index (Phi) is 13.4. The largest absolute Gasteiger partial charge is 0.508 e. The van der Waals surface area contributed by atoms with Crippen LogP contribution in [0, 0.1) is 5.92 Å². The fourth-order valence-corrected chi connectivity index (χ4v) is 3.48. The number of carbonyl (C=O) groups is 6. The van der Waals surface area contributed by atoms with Crippen molar-refractivity contribution in [2.24, 2.45) is 23.1 Å². The molecule has 39 heavy (non-hydrogen) atoms. The Morgan fingerprint density at radius 2 is 1.44 bits per heavy atom. The van der Waals surface area contributed by atoms with E-state index < -0.39 is 66.2 Å². The van der Waals surface area contributed by atoms with Crippen LogP contribution in [0.15, 0.2) is 24.3 Å². The number of benzene rings is 1. The van der Waals surface area contributed by atoms with Crippen LogP contribution >= 0.6 is 0 Å². The highest BCUT2D eigenvalue weighted by molar-refractivity contribution is 5.94. The van der Waals surface area contributed by atoms with E-state index >= 15 is 0 Å². The summed E-state index contributed by atoms with van der Waals surface area (Å²) in [5, 5.41) is 19.1. The molecule has 1 rings (SSSR count). The number of hydrogen-bond donors (Lipinski definition) is 8. The molecule has 14 heteroatoms. The summed E-state index contributed by atoms with van der Waals surface area (Å²) in [6, 6.07) is 1.97. The van der Waals surface area contributed by atoms with Crippen molar-refractivity contribution in [3.05, 3.63) is 29.8 Å². The molecule has 0 aliphatic rings. The molecule has 1 aromatic rings. The van der Waals surface area contributed by atoms with E-state index in [1.54, 1.807) is 12.1 Å². The first-order chi connectivity index (χ1) is 18.2. The Morgan fingerprint density at radius 3 is 1.97 bits per heavy atom. The Morgan fingerprint density at radius 1 is 0.846 bits per heavy atom. The summed E-state index contributed by atoms with van der Waals surface area (Å²) in [5.41, 5.74) is 17.0. The lowest BCUT2D eigenvalue weighted by Gasteiger charge is -2.24. The van der Waals surface area contributed by atoms with E-state index in [-0.39, 0.29) is 37.4 Å². The minimum Gasteiger partial charge on any atom is -0.508 e. The monoisotopic (exact) mass is 549 g/mol. The maximum absolute atomic E-state index is 12.8. The summed E-state index contributed by atoms with van der Waals surface area (Å²) in [4.78, 5) is 72.7. The zero-order valence-electron chi connectivity index (χ0n) is 22.4. The fraction of sp³-hybridized carbons (Fsp3) is 0.520. The maximum Gasteiger partial charge on any atom is 0.243 e.